The molecule has 0 amide bonds. The van der Waals surface area contributed by atoms with Gasteiger partial charge in [0.05, 0.1) is 17.2 Å². The highest BCUT2D eigenvalue weighted by Gasteiger charge is 2.21. The van der Waals surface area contributed by atoms with Gasteiger partial charge in [-0.15, -0.1) is 0 Å². The number of non-ortho nitro benzene ring substituents is 1. The van der Waals surface area contributed by atoms with E-state index in [1.807, 2.05) is 0 Å². The van der Waals surface area contributed by atoms with E-state index in [9.17, 15) is 22.9 Å². The summed E-state index contributed by atoms with van der Waals surface area (Å²) in [6.07, 6.45) is 1.32. The van der Waals surface area contributed by atoms with E-state index in [-0.39, 0.29) is 12.4 Å². The molecule has 11 heteroatoms. The number of nitrogens with two attached hydrogens (primary N) is 1. The summed E-state index contributed by atoms with van der Waals surface area (Å²) in [6.45, 7) is -0.193. The van der Waals surface area contributed by atoms with E-state index in [0.29, 0.717) is 11.6 Å². The molecule has 9 nitrogen and oxygen atoms in total. The van der Waals surface area contributed by atoms with Gasteiger partial charge in [0.15, 0.2) is 0 Å². The van der Waals surface area contributed by atoms with E-state index < -0.39 is 31.3 Å². The molecule has 1 aromatic heterocycles. The predicted octanol–water partition coefficient (Wildman–Crippen LogP) is 0.518. The van der Waals surface area contributed by atoms with Crippen LogP contribution in [0.15, 0.2) is 29.3 Å². The number of aromatic amines is 1. The van der Waals surface area contributed by atoms with Crippen molar-refractivity contribution in [2.45, 2.75) is 11.4 Å². The first kappa shape index (κ1) is 14.9. The number of nitro benzene ring substituents is 1. The van der Waals surface area contributed by atoms with Crippen LogP contribution in [0.3, 0.4) is 0 Å². The van der Waals surface area contributed by atoms with Gasteiger partial charge in [-0.25, -0.2) is 17.5 Å². The molecular formula is C10H10FN5O4S. The summed E-state index contributed by atoms with van der Waals surface area (Å²) in [5.41, 5.74) is 5.34. The van der Waals surface area contributed by atoms with Crippen molar-refractivity contribution in [2.75, 3.05) is 5.73 Å². The third-order valence-electron chi connectivity index (χ3n) is 2.62. The molecule has 0 aliphatic rings. The fourth-order valence-electron chi connectivity index (χ4n) is 1.53. The Bertz CT molecular complexity index is 788. The minimum Gasteiger partial charge on any atom is -0.384 e. The third-order valence-corrected chi connectivity index (χ3v) is 4.05. The summed E-state index contributed by atoms with van der Waals surface area (Å²) in [4.78, 5) is 8.98. The molecule has 0 bridgehead atoms. The van der Waals surface area contributed by atoms with Crippen LogP contribution in [0.4, 0.5) is 15.9 Å². The average molecular weight is 315 g/mol. The fourth-order valence-corrected chi connectivity index (χ4v) is 2.60. The summed E-state index contributed by atoms with van der Waals surface area (Å²) < 4.78 is 39.7. The third kappa shape index (κ3) is 3.14. The van der Waals surface area contributed by atoms with Crippen LogP contribution in [-0.2, 0) is 16.6 Å². The Labute approximate surface area is 118 Å². The van der Waals surface area contributed by atoms with Gasteiger partial charge in [0.1, 0.15) is 16.5 Å². The monoisotopic (exact) mass is 315 g/mol. The standard InChI is InChI=1S/C10H10FN5O4S/c11-8-3-7(16(17)18)1-2-9(8)21(19,20)14-5-6-4-13-15-10(6)12/h1-4,14H,5H2,(H3,12,13,15). The molecule has 1 aromatic carbocycles. The lowest BCUT2D eigenvalue weighted by Gasteiger charge is -2.07. The Morgan fingerprint density at radius 1 is 1.48 bits per heavy atom. The van der Waals surface area contributed by atoms with E-state index >= 15 is 0 Å². The van der Waals surface area contributed by atoms with E-state index in [1.54, 1.807) is 0 Å². The maximum Gasteiger partial charge on any atom is 0.272 e. The van der Waals surface area contributed by atoms with Crippen molar-refractivity contribution >= 4 is 21.5 Å². The number of H-pyrrole nitrogens is 1. The highest BCUT2D eigenvalue weighted by Crippen LogP contribution is 2.20. The van der Waals surface area contributed by atoms with Gasteiger partial charge in [-0.05, 0) is 6.07 Å². The van der Waals surface area contributed by atoms with Gasteiger partial charge in [-0.2, -0.15) is 5.10 Å². The number of hydrogen-bond acceptors (Lipinski definition) is 6. The Kier molecular flexibility index (Phi) is 3.86. The Hall–Kier alpha value is -2.53. The first-order valence-electron chi connectivity index (χ1n) is 5.52. The largest absolute Gasteiger partial charge is 0.384 e. The number of rotatable bonds is 5. The van der Waals surface area contributed by atoms with Gasteiger partial charge in [-0.3, -0.25) is 15.2 Å². The second-order valence-electron chi connectivity index (χ2n) is 4.01. The van der Waals surface area contributed by atoms with Gasteiger partial charge >= 0.3 is 0 Å². The molecule has 0 radical (unpaired) electrons. The molecule has 0 fully saturated rings. The van der Waals surface area contributed by atoms with Crippen LogP contribution in [0.1, 0.15) is 5.56 Å². The molecule has 112 valence electrons. The van der Waals surface area contributed by atoms with Crippen LogP contribution in [0.25, 0.3) is 0 Å². The zero-order valence-electron chi connectivity index (χ0n) is 10.4. The summed E-state index contributed by atoms with van der Waals surface area (Å²) in [5, 5.41) is 16.5. The molecule has 0 spiro atoms. The summed E-state index contributed by atoms with van der Waals surface area (Å²) >= 11 is 0. The van der Waals surface area contributed by atoms with Gasteiger partial charge < -0.3 is 5.73 Å². The fraction of sp³-hybridized carbons (Fsp3) is 0.100. The maximum atomic E-state index is 13.7. The van der Waals surface area contributed by atoms with Crippen LogP contribution in [0.5, 0.6) is 0 Å². The van der Waals surface area contributed by atoms with Crippen molar-refractivity contribution in [3.05, 3.63) is 45.9 Å². The number of hydrogen-bond donors (Lipinski definition) is 3. The first-order valence-corrected chi connectivity index (χ1v) is 7.01. The molecule has 0 saturated carbocycles. The van der Waals surface area contributed by atoms with Crippen molar-refractivity contribution in [2.24, 2.45) is 0 Å². The Morgan fingerprint density at radius 2 is 2.19 bits per heavy atom. The van der Waals surface area contributed by atoms with Crippen LogP contribution >= 0.6 is 0 Å². The lowest BCUT2D eigenvalue weighted by Crippen LogP contribution is -2.24. The van der Waals surface area contributed by atoms with Gasteiger partial charge in [-0.1, -0.05) is 0 Å². The highest BCUT2D eigenvalue weighted by atomic mass is 32.2. The molecule has 21 heavy (non-hydrogen) atoms. The number of halogens is 1. The molecule has 2 aromatic rings. The molecular weight excluding hydrogens is 305 g/mol. The zero-order chi connectivity index (χ0) is 15.6. The van der Waals surface area contributed by atoms with E-state index in [2.05, 4.69) is 14.9 Å². The summed E-state index contributed by atoms with van der Waals surface area (Å²) in [7, 11) is -4.17. The van der Waals surface area contributed by atoms with E-state index in [4.69, 9.17) is 5.73 Å². The van der Waals surface area contributed by atoms with Crippen molar-refractivity contribution in [1.29, 1.82) is 0 Å². The minimum atomic E-state index is -4.17. The lowest BCUT2D eigenvalue weighted by atomic mass is 10.3. The number of sulfonamides is 1. The van der Waals surface area contributed by atoms with Crippen molar-refractivity contribution in [1.82, 2.24) is 14.9 Å². The smallest absolute Gasteiger partial charge is 0.272 e. The first-order chi connectivity index (χ1) is 9.81. The van der Waals surface area contributed by atoms with Crippen LogP contribution < -0.4 is 10.5 Å². The second-order valence-corrected chi connectivity index (χ2v) is 5.74. The molecule has 4 N–H and O–H groups in total. The quantitative estimate of drug-likeness (QED) is 0.542. The van der Waals surface area contributed by atoms with Crippen molar-refractivity contribution in [3.8, 4) is 0 Å². The number of aromatic nitrogens is 2. The number of nitro groups is 1. The topological polar surface area (TPSA) is 144 Å². The number of nitrogen functional groups attached to an aromatic ring is 1. The molecule has 1 heterocycles. The van der Waals surface area contributed by atoms with Gasteiger partial charge in [0.2, 0.25) is 10.0 Å². The van der Waals surface area contributed by atoms with Crippen LogP contribution in [-0.4, -0.2) is 23.5 Å². The van der Waals surface area contributed by atoms with Crippen molar-refractivity contribution in [3.63, 3.8) is 0 Å². The molecule has 0 atom stereocenters. The maximum absolute atomic E-state index is 13.7. The molecule has 0 saturated heterocycles. The van der Waals surface area contributed by atoms with Crippen LogP contribution in [0.2, 0.25) is 0 Å². The van der Waals surface area contributed by atoms with Crippen molar-refractivity contribution < 1.29 is 17.7 Å². The van der Waals surface area contributed by atoms with E-state index in [0.717, 1.165) is 12.1 Å². The average Bonchev–Trinajstić information content (AvgIpc) is 2.81. The minimum absolute atomic E-state index is 0.182. The number of nitrogens with zero attached hydrogens (tertiary/aromatic N) is 2. The molecule has 2 rings (SSSR count). The zero-order valence-corrected chi connectivity index (χ0v) is 11.2. The molecule has 0 aliphatic carbocycles. The lowest BCUT2D eigenvalue weighted by molar-refractivity contribution is -0.385. The number of benzene rings is 1. The second kappa shape index (κ2) is 5.46. The Morgan fingerprint density at radius 3 is 2.71 bits per heavy atom. The SMILES string of the molecule is Nc1[nH]ncc1CNS(=O)(=O)c1ccc([N+](=O)[O-])cc1F. The predicted molar refractivity (Wildman–Crippen MR) is 70.1 cm³/mol. The molecule has 0 aliphatic heterocycles. The van der Waals surface area contributed by atoms with Gasteiger partial charge in [0, 0.05) is 18.2 Å². The Balaban J connectivity index is 2.23. The molecule has 0 unspecified atom stereocenters. The number of anilines is 1. The van der Waals surface area contributed by atoms with Gasteiger partial charge in [0.25, 0.3) is 5.69 Å². The number of nitrogens with one attached hydrogen (secondary N) is 2. The normalized spacial score (nSPS) is 11.5. The summed E-state index contributed by atoms with van der Waals surface area (Å²) in [6, 6.07) is 2.28. The highest BCUT2D eigenvalue weighted by molar-refractivity contribution is 7.89. The summed E-state index contributed by atoms with van der Waals surface area (Å²) in [5.74, 6) is -1.03. The van der Waals surface area contributed by atoms with Crippen LogP contribution in [0, 0.1) is 15.9 Å². The van der Waals surface area contributed by atoms with E-state index in [1.165, 1.54) is 6.20 Å².